The summed E-state index contributed by atoms with van der Waals surface area (Å²) in [4.78, 5) is 15.1. The van der Waals surface area contributed by atoms with Gasteiger partial charge in [0.05, 0.1) is 20.3 Å². The van der Waals surface area contributed by atoms with E-state index in [0.717, 1.165) is 49.2 Å². The number of rotatable bonds is 8. The van der Waals surface area contributed by atoms with Crippen LogP contribution in [0.15, 0.2) is 78.9 Å². The molecule has 0 N–H and O–H groups in total. The van der Waals surface area contributed by atoms with Crippen LogP contribution in [0.2, 0.25) is 0 Å². The first-order valence-corrected chi connectivity index (χ1v) is 11.3. The predicted octanol–water partition coefficient (Wildman–Crippen LogP) is 5.51. The summed E-state index contributed by atoms with van der Waals surface area (Å²) < 4.78 is 11.4. The molecule has 0 saturated carbocycles. The third-order valence-corrected chi connectivity index (χ3v) is 6.17. The fourth-order valence-corrected chi connectivity index (χ4v) is 4.35. The van der Waals surface area contributed by atoms with Gasteiger partial charge >= 0.3 is 0 Å². The van der Waals surface area contributed by atoms with Crippen molar-refractivity contribution in [2.45, 2.75) is 32.5 Å². The van der Waals surface area contributed by atoms with Gasteiger partial charge in [-0.15, -0.1) is 0 Å². The number of hydrogen-bond donors (Lipinski definition) is 0. The van der Waals surface area contributed by atoms with Crippen LogP contribution in [0.1, 0.15) is 39.9 Å². The normalized spacial score (nSPS) is 14.3. The quantitative estimate of drug-likeness (QED) is 0.474. The summed E-state index contributed by atoms with van der Waals surface area (Å²) in [6, 6.07) is 26.4. The highest BCUT2D eigenvalue weighted by Gasteiger charge is 2.24. The smallest absolute Gasteiger partial charge is 0.253 e. The zero-order valence-electron chi connectivity index (χ0n) is 18.7. The molecule has 4 nitrogen and oxygen atoms in total. The summed E-state index contributed by atoms with van der Waals surface area (Å²) in [7, 11) is 1.65. The number of amides is 1. The Labute approximate surface area is 190 Å². The van der Waals surface area contributed by atoms with Gasteiger partial charge in [0.2, 0.25) is 0 Å². The zero-order chi connectivity index (χ0) is 22.2. The molecule has 0 atom stereocenters. The van der Waals surface area contributed by atoms with E-state index in [0.29, 0.717) is 24.7 Å². The standard InChI is InChI=1S/C28H31NO3/c1-31-27-13-12-25(19-26(27)21-32-20-24-10-6-3-7-11-24)28(30)29-16-14-23(15-17-29)18-22-8-4-2-5-9-22/h2-13,19,23H,14-18,20-21H2,1H3. The van der Waals surface area contributed by atoms with Crippen LogP contribution < -0.4 is 4.74 Å². The first-order chi connectivity index (χ1) is 15.7. The van der Waals surface area contributed by atoms with Crippen LogP contribution in [0.5, 0.6) is 5.75 Å². The third-order valence-electron chi connectivity index (χ3n) is 6.17. The molecule has 0 bridgehead atoms. The lowest BCUT2D eigenvalue weighted by Gasteiger charge is -2.32. The second kappa shape index (κ2) is 11.0. The number of carbonyl (C=O) groups excluding carboxylic acids is 1. The second-order valence-corrected chi connectivity index (χ2v) is 8.43. The third kappa shape index (κ3) is 5.77. The largest absolute Gasteiger partial charge is 0.496 e. The van der Waals surface area contributed by atoms with Crippen molar-refractivity contribution in [2.24, 2.45) is 5.92 Å². The minimum absolute atomic E-state index is 0.0927. The lowest BCUT2D eigenvalue weighted by molar-refractivity contribution is 0.0689. The Morgan fingerprint density at radius 2 is 1.53 bits per heavy atom. The highest BCUT2D eigenvalue weighted by atomic mass is 16.5. The molecule has 3 aromatic carbocycles. The van der Waals surface area contributed by atoms with E-state index >= 15 is 0 Å². The van der Waals surface area contributed by atoms with E-state index in [-0.39, 0.29) is 5.91 Å². The molecule has 4 rings (SSSR count). The SMILES string of the molecule is COc1ccc(C(=O)N2CCC(Cc3ccccc3)CC2)cc1COCc1ccccc1. The van der Waals surface area contributed by atoms with E-state index in [2.05, 4.69) is 30.3 Å². The molecule has 166 valence electrons. The first kappa shape index (κ1) is 22.1. The fraction of sp³-hybridized carbons (Fsp3) is 0.321. The monoisotopic (exact) mass is 429 g/mol. The maximum atomic E-state index is 13.2. The number of piperidine rings is 1. The van der Waals surface area contributed by atoms with Crippen LogP contribution >= 0.6 is 0 Å². The number of methoxy groups -OCH3 is 1. The predicted molar refractivity (Wildman–Crippen MR) is 127 cm³/mol. The molecule has 1 fully saturated rings. The maximum absolute atomic E-state index is 13.2. The summed E-state index contributed by atoms with van der Waals surface area (Å²) >= 11 is 0. The molecule has 3 aromatic rings. The van der Waals surface area contributed by atoms with Gasteiger partial charge in [-0.2, -0.15) is 0 Å². The molecule has 32 heavy (non-hydrogen) atoms. The molecule has 0 spiro atoms. The van der Waals surface area contributed by atoms with Gasteiger partial charge in [-0.1, -0.05) is 60.7 Å². The van der Waals surface area contributed by atoms with Gasteiger partial charge < -0.3 is 14.4 Å². The Kier molecular flexibility index (Phi) is 7.57. The number of ether oxygens (including phenoxy) is 2. The molecule has 1 aliphatic heterocycles. The Morgan fingerprint density at radius 1 is 0.875 bits per heavy atom. The van der Waals surface area contributed by atoms with Gasteiger partial charge in [-0.3, -0.25) is 4.79 Å². The highest BCUT2D eigenvalue weighted by Crippen LogP contribution is 2.25. The van der Waals surface area contributed by atoms with Crippen LogP contribution in [-0.2, 0) is 24.4 Å². The first-order valence-electron chi connectivity index (χ1n) is 11.3. The fourth-order valence-electron chi connectivity index (χ4n) is 4.35. The minimum atomic E-state index is 0.0927. The van der Waals surface area contributed by atoms with Crippen molar-refractivity contribution in [3.63, 3.8) is 0 Å². The summed E-state index contributed by atoms with van der Waals surface area (Å²) in [6.07, 6.45) is 3.18. The Morgan fingerprint density at radius 3 is 2.19 bits per heavy atom. The maximum Gasteiger partial charge on any atom is 0.253 e. The van der Waals surface area contributed by atoms with Crippen molar-refractivity contribution in [3.05, 3.63) is 101 Å². The summed E-state index contributed by atoms with van der Waals surface area (Å²) in [5.41, 5.74) is 4.10. The molecule has 0 radical (unpaired) electrons. The van der Waals surface area contributed by atoms with E-state index in [1.165, 1.54) is 5.56 Å². The molecular formula is C28H31NO3. The number of carbonyl (C=O) groups is 1. The van der Waals surface area contributed by atoms with Crippen LogP contribution in [0.25, 0.3) is 0 Å². The van der Waals surface area contributed by atoms with E-state index in [4.69, 9.17) is 9.47 Å². The topological polar surface area (TPSA) is 38.8 Å². The van der Waals surface area contributed by atoms with Gasteiger partial charge in [0, 0.05) is 24.2 Å². The van der Waals surface area contributed by atoms with Crippen LogP contribution in [0.4, 0.5) is 0 Å². The van der Waals surface area contributed by atoms with Crippen molar-refractivity contribution in [3.8, 4) is 5.75 Å². The number of benzene rings is 3. The molecule has 1 aliphatic rings. The average Bonchev–Trinajstić information content (AvgIpc) is 2.85. The molecule has 4 heteroatoms. The molecular weight excluding hydrogens is 398 g/mol. The summed E-state index contributed by atoms with van der Waals surface area (Å²) in [6.45, 7) is 2.54. The van der Waals surface area contributed by atoms with E-state index in [1.807, 2.05) is 53.4 Å². The van der Waals surface area contributed by atoms with Crippen molar-refractivity contribution < 1.29 is 14.3 Å². The van der Waals surface area contributed by atoms with Crippen LogP contribution in [0.3, 0.4) is 0 Å². The molecule has 1 saturated heterocycles. The van der Waals surface area contributed by atoms with Gasteiger partial charge in [0.15, 0.2) is 0 Å². The van der Waals surface area contributed by atoms with Gasteiger partial charge in [0.1, 0.15) is 5.75 Å². The number of nitrogens with zero attached hydrogens (tertiary/aromatic N) is 1. The van der Waals surface area contributed by atoms with Gasteiger partial charge in [-0.25, -0.2) is 0 Å². The number of hydrogen-bond acceptors (Lipinski definition) is 3. The van der Waals surface area contributed by atoms with Crippen molar-refractivity contribution in [1.82, 2.24) is 4.90 Å². The summed E-state index contributed by atoms with van der Waals surface area (Å²) in [5.74, 6) is 1.48. The van der Waals surface area contributed by atoms with E-state index in [1.54, 1.807) is 7.11 Å². The molecule has 1 amide bonds. The van der Waals surface area contributed by atoms with E-state index in [9.17, 15) is 4.79 Å². The highest BCUT2D eigenvalue weighted by molar-refractivity contribution is 5.94. The Hall–Kier alpha value is -3.11. The Balaban J connectivity index is 1.34. The van der Waals surface area contributed by atoms with Crippen molar-refractivity contribution in [1.29, 1.82) is 0 Å². The van der Waals surface area contributed by atoms with Gasteiger partial charge in [-0.05, 0) is 54.5 Å². The molecule has 1 heterocycles. The molecule has 0 aromatic heterocycles. The zero-order valence-corrected chi connectivity index (χ0v) is 18.7. The second-order valence-electron chi connectivity index (χ2n) is 8.43. The molecule has 0 aliphatic carbocycles. The van der Waals surface area contributed by atoms with E-state index < -0.39 is 0 Å². The lowest BCUT2D eigenvalue weighted by atomic mass is 9.90. The molecule has 0 unspecified atom stereocenters. The van der Waals surface area contributed by atoms with Crippen molar-refractivity contribution >= 4 is 5.91 Å². The number of likely N-dealkylation sites (tertiary alicyclic amines) is 1. The van der Waals surface area contributed by atoms with Crippen molar-refractivity contribution in [2.75, 3.05) is 20.2 Å². The van der Waals surface area contributed by atoms with Crippen LogP contribution in [-0.4, -0.2) is 31.0 Å². The summed E-state index contributed by atoms with van der Waals surface area (Å²) in [5, 5.41) is 0. The average molecular weight is 430 g/mol. The lowest BCUT2D eigenvalue weighted by Crippen LogP contribution is -2.39. The van der Waals surface area contributed by atoms with Gasteiger partial charge in [0.25, 0.3) is 5.91 Å². The van der Waals surface area contributed by atoms with Crippen LogP contribution in [0, 0.1) is 5.92 Å². The Bertz CT molecular complexity index is 996. The minimum Gasteiger partial charge on any atom is -0.496 e.